The Bertz CT molecular complexity index is 1130. The van der Waals surface area contributed by atoms with Crippen LogP contribution < -0.4 is 26.5 Å². The summed E-state index contributed by atoms with van der Waals surface area (Å²) in [5, 5.41) is 9.01. The van der Waals surface area contributed by atoms with Gasteiger partial charge in [-0.05, 0) is 84.4 Å². The maximum absolute atomic E-state index is 10.1. The van der Waals surface area contributed by atoms with Crippen molar-refractivity contribution in [3.8, 4) is 5.75 Å². The summed E-state index contributed by atoms with van der Waals surface area (Å²) in [4.78, 5) is 10.1. The number of aromatic nitrogens is 1. The average molecular weight is 566 g/mol. The van der Waals surface area contributed by atoms with Crippen molar-refractivity contribution >= 4 is 12.1 Å². The van der Waals surface area contributed by atoms with Crippen LogP contribution in [0.2, 0.25) is 0 Å². The first-order chi connectivity index (χ1) is 19.7. The van der Waals surface area contributed by atoms with Crippen molar-refractivity contribution in [3.63, 3.8) is 0 Å². The third kappa shape index (κ3) is 15.6. The third-order valence-corrected chi connectivity index (χ3v) is 5.99. The van der Waals surface area contributed by atoms with E-state index in [1.807, 2.05) is 65.1 Å². The fraction of sp³-hybridized carbons (Fsp3) is 0.424. The third-order valence-electron chi connectivity index (χ3n) is 5.99. The van der Waals surface area contributed by atoms with Crippen LogP contribution in [0.15, 0.2) is 84.1 Å². The molecule has 0 aliphatic heterocycles. The minimum atomic E-state index is 0.364. The predicted molar refractivity (Wildman–Crippen MR) is 172 cm³/mol. The summed E-state index contributed by atoms with van der Waals surface area (Å²) in [7, 11) is 1.92. The number of nitrogens with one attached hydrogen (secondary N) is 3. The number of hydrogen-bond donors (Lipinski definition) is 4. The van der Waals surface area contributed by atoms with Gasteiger partial charge in [0.15, 0.2) is 0 Å². The zero-order valence-electron chi connectivity index (χ0n) is 26.0. The number of unbranched alkanes of at least 4 members (excludes halogenated alkanes) is 1. The zero-order valence-corrected chi connectivity index (χ0v) is 26.0. The van der Waals surface area contributed by atoms with Gasteiger partial charge >= 0.3 is 0 Å². The van der Waals surface area contributed by atoms with Crippen LogP contribution in [0, 0.1) is 13.8 Å². The molecule has 0 unspecified atom stereocenters. The molecule has 0 bridgehead atoms. The Morgan fingerprint density at radius 1 is 1.17 bits per heavy atom. The Labute approximate surface area is 247 Å². The van der Waals surface area contributed by atoms with Gasteiger partial charge in [0.25, 0.3) is 0 Å². The van der Waals surface area contributed by atoms with Gasteiger partial charge in [-0.2, -0.15) is 0 Å². The number of carbonyl (C=O) groups excluding carboxylic acids is 1. The molecule has 41 heavy (non-hydrogen) atoms. The summed E-state index contributed by atoms with van der Waals surface area (Å²) in [6.45, 7) is 13.9. The van der Waals surface area contributed by atoms with E-state index in [1.165, 1.54) is 16.8 Å². The molecule has 1 aromatic heterocycles. The van der Waals surface area contributed by atoms with Crippen molar-refractivity contribution in [2.75, 3.05) is 31.4 Å². The van der Waals surface area contributed by atoms with E-state index in [0.717, 1.165) is 66.6 Å². The van der Waals surface area contributed by atoms with Crippen molar-refractivity contribution in [2.24, 2.45) is 0 Å². The second-order valence-corrected chi connectivity index (χ2v) is 9.83. The van der Waals surface area contributed by atoms with Gasteiger partial charge in [-0.1, -0.05) is 49.8 Å². The Hall–Kier alpha value is -3.75. The van der Waals surface area contributed by atoms with Crippen molar-refractivity contribution < 1.29 is 14.3 Å². The standard InChI is InChI=1S/C20H25NO.C7H11N3O.C6H15NO/c1-3-4-10-17(2)21-18-11-8-15-20(16-9-12-18)22-19-13-6-5-7-14-19;1-5-6(2)10(8)3-7(5)9-4-11;1-6(2)8-5-4-7-3/h5-8,10-14,16,21H,3-4,9,15H2,1-2H3;3-4H,8H2,1-2H3,(H,9,11);6-7H,4-5H2,1-3H3/b11-8?,17-10+,18-12+,20-16+;;. The molecule has 2 aromatic rings. The number of benzene rings is 1. The van der Waals surface area contributed by atoms with Gasteiger partial charge in [-0.25, -0.2) is 0 Å². The number of ether oxygens (including phenoxy) is 2. The summed E-state index contributed by atoms with van der Waals surface area (Å²) in [5.41, 5.74) is 5.08. The van der Waals surface area contributed by atoms with Crippen LogP contribution in [0.1, 0.15) is 64.6 Å². The molecular formula is C33H51N5O3. The zero-order chi connectivity index (χ0) is 30.5. The van der Waals surface area contributed by atoms with E-state index < -0.39 is 0 Å². The smallest absolute Gasteiger partial charge is 0.211 e. The van der Waals surface area contributed by atoms with Gasteiger partial charge in [0, 0.05) is 36.3 Å². The first-order valence-electron chi connectivity index (χ1n) is 14.3. The molecule has 0 radical (unpaired) electrons. The molecule has 0 saturated heterocycles. The summed E-state index contributed by atoms with van der Waals surface area (Å²) in [5.74, 6) is 7.42. The highest BCUT2D eigenvalue weighted by atomic mass is 16.5. The molecule has 1 aliphatic rings. The maximum Gasteiger partial charge on any atom is 0.211 e. The summed E-state index contributed by atoms with van der Waals surface area (Å²) >= 11 is 0. The Morgan fingerprint density at radius 2 is 1.90 bits per heavy atom. The summed E-state index contributed by atoms with van der Waals surface area (Å²) in [6, 6.07) is 9.93. The predicted octanol–water partition coefficient (Wildman–Crippen LogP) is 6.49. The summed E-state index contributed by atoms with van der Waals surface area (Å²) in [6.07, 6.45) is 17.5. The molecule has 3 rings (SSSR count). The molecule has 226 valence electrons. The first kappa shape index (κ1) is 35.3. The molecule has 0 spiro atoms. The van der Waals surface area contributed by atoms with Crippen LogP contribution >= 0.6 is 0 Å². The minimum absolute atomic E-state index is 0.364. The Balaban J connectivity index is 0.000000367. The van der Waals surface area contributed by atoms with Crippen LogP contribution in [0.25, 0.3) is 0 Å². The van der Waals surface area contributed by atoms with E-state index in [1.54, 1.807) is 6.20 Å². The molecule has 5 N–H and O–H groups in total. The van der Waals surface area contributed by atoms with Gasteiger partial charge in [0.1, 0.15) is 11.5 Å². The first-order valence-corrected chi connectivity index (χ1v) is 14.3. The highest BCUT2D eigenvalue weighted by molar-refractivity contribution is 5.73. The lowest BCUT2D eigenvalue weighted by atomic mass is 10.1. The highest BCUT2D eigenvalue weighted by Gasteiger charge is 2.05. The second kappa shape index (κ2) is 21.1. The fourth-order valence-electron chi connectivity index (χ4n) is 3.55. The molecule has 8 heteroatoms. The van der Waals surface area contributed by atoms with Crippen molar-refractivity contribution in [2.45, 2.75) is 73.3 Å². The van der Waals surface area contributed by atoms with Crippen LogP contribution in [0.5, 0.6) is 5.75 Å². The molecular weight excluding hydrogens is 514 g/mol. The Kier molecular flexibility index (Phi) is 18.1. The lowest BCUT2D eigenvalue weighted by molar-refractivity contribution is -0.105. The van der Waals surface area contributed by atoms with Gasteiger partial charge in [0.2, 0.25) is 6.41 Å². The molecule has 1 heterocycles. The molecule has 0 atom stereocenters. The highest BCUT2D eigenvalue weighted by Crippen LogP contribution is 2.19. The average Bonchev–Trinajstić information content (AvgIpc) is 3.18. The van der Waals surface area contributed by atoms with E-state index in [0.29, 0.717) is 12.5 Å². The van der Waals surface area contributed by atoms with Gasteiger partial charge < -0.3 is 31.3 Å². The number of para-hydroxylation sites is 1. The van der Waals surface area contributed by atoms with E-state index in [-0.39, 0.29) is 0 Å². The second-order valence-electron chi connectivity index (χ2n) is 9.83. The molecule has 1 amide bonds. The molecule has 1 aliphatic carbocycles. The number of allylic oxidation sites excluding steroid dienone is 6. The number of nitrogens with zero attached hydrogens (tertiary/aromatic N) is 1. The van der Waals surface area contributed by atoms with Crippen molar-refractivity contribution in [1.29, 1.82) is 0 Å². The minimum Gasteiger partial charge on any atom is -0.462 e. The quantitative estimate of drug-likeness (QED) is 0.133. The topological polar surface area (TPSA) is 103 Å². The van der Waals surface area contributed by atoms with Gasteiger partial charge in [-0.15, -0.1) is 0 Å². The largest absolute Gasteiger partial charge is 0.462 e. The normalized spacial score (nSPS) is 15.5. The molecule has 0 fully saturated rings. The van der Waals surface area contributed by atoms with Gasteiger partial charge in [0.05, 0.1) is 18.4 Å². The summed E-state index contributed by atoms with van der Waals surface area (Å²) < 4.78 is 12.6. The number of anilines is 1. The lowest BCUT2D eigenvalue weighted by Crippen LogP contribution is -2.16. The SMILES string of the molecule is CCC/C=C(\C)N/C1=C/C/C=C(/Oc2ccccc2)CC=C1.CNCCOC(C)C.Cc1c(NC=O)cn(N)c1C. The number of carbonyl (C=O) groups is 1. The van der Waals surface area contributed by atoms with E-state index in [9.17, 15) is 4.79 Å². The number of nitrogens with two attached hydrogens (primary N) is 1. The molecule has 8 nitrogen and oxygen atoms in total. The van der Waals surface area contributed by atoms with E-state index in [2.05, 4.69) is 60.2 Å². The van der Waals surface area contributed by atoms with Crippen LogP contribution in [-0.4, -0.2) is 37.4 Å². The maximum atomic E-state index is 10.1. The number of nitrogen functional groups attached to an aromatic ring is 1. The monoisotopic (exact) mass is 565 g/mol. The number of hydrogen-bond acceptors (Lipinski definition) is 6. The van der Waals surface area contributed by atoms with Crippen LogP contribution in [0.3, 0.4) is 0 Å². The van der Waals surface area contributed by atoms with Crippen molar-refractivity contribution in [1.82, 2.24) is 15.3 Å². The van der Waals surface area contributed by atoms with Crippen LogP contribution in [-0.2, 0) is 9.53 Å². The van der Waals surface area contributed by atoms with E-state index in [4.69, 9.17) is 15.3 Å². The molecule has 0 saturated carbocycles. The number of amides is 1. The van der Waals surface area contributed by atoms with E-state index >= 15 is 0 Å². The lowest BCUT2D eigenvalue weighted by Gasteiger charge is -2.12. The fourth-order valence-corrected chi connectivity index (χ4v) is 3.55. The Morgan fingerprint density at radius 3 is 2.49 bits per heavy atom. The van der Waals surface area contributed by atoms with Crippen molar-refractivity contribution in [3.05, 3.63) is 95.3 Å². The number of likely N-dealkylation sites (N-methyl/N-ethyl adjacent to an activating group) is 1. The molecule has 1 aromatic carbocycles. The van der Waals surface area contributed by atoms with Crippen LogP contribution in [0.4, 0.5) is 5.69 Å². The number of rotatable bonds is 12. The van der Waals surface area contributed by atoms with Gasteiger partial charge in [-0.3, -0.25) is 9.47 Å².